The van der Waals surface area contributed by atoms with Crippen LogP contribution in [-0.4, -0.2) is 66.9 Å². The smallest absolute Gasteiger partial charge is 0.319 e. The number of Topliss-reactive ketones (excluding diaryl/α,β-unsaturated/α-hetero) is 1. The number of anilines is 1. The van der Waals surface area contributed by atoms with E-state index >= 15 is 0 Å². The monoisotopic (exact) mass is 488 g/mol. The van der Waals surface area contributed by atoms with E-state index in [4.69, 9.17) is 0 Å². The summed E-state index contributed by atoms with van der Waals surface area (Å²) in [5.74, 6) is 2.38. The van der Waals surface area contributed by atoms with Crippen molar-refractivity contribution in [2.24, 2.45) is 17.8 Å². The van der Waals surface area contributed by atoms with Crippen molar-refractivity contribution in [2.45, 2.75) is 45.1 Å². The molecule has 2 amide bonds. The van der Waals surface area contributed by atoms with E-state index in [9.17, 15) is 9.59 Å². The molecule has 4 aliphatic heterocycles. The molecule has 0 radical (unpaired) electrons. The lowest BCUT2D eigenvalue weighted by molar-refractivity contribution is -0.0145. The number of piperidine rings is 4. The molecule has 2 N–H and O–H groups in total. The van der Waals surface area contributed by atoms with Crippen LogP contribution < -0.4 is 10.6 Å². The molecule has 2 aromatic rings. The average molecular weight is 489 g/mol. The molecule has 4 aliphatic rings. The van der Waals surface area contributed by atoms with Crippen molar-refractivity contribution < 1.29 is 9.59 Å². The molecule has 4 atom stereocenters. The SMILES string of the molecule is CC(=O)c1ccc(NC(=O)NCC2CC3CCN2CC3CN2CCC(Cc3ccccc3)CC2)cc1. The molecule has 6 nitrogen and oxygen atoms in total. The van der Waals surface area contributed by atoms with E-state index in [0.717, 1.165) is 30.8 Å². The molecule has 4 fully saturated rings. The van der Waals surface area contributed by atoms with Crippen LogP contribution in [0.2, 0.25) is 0 Å². The van der Waals surface area contributed by atoms with E-state index in [1.165, 1.54) is 57.3 Å². The molecular weight excluding hydrogens is 448 g/mol. The van der Waals surface area contributed by atoms with Gasteiger partial charge in [-0.05, 0) is 106 Å². The maximum atomic E-state index is 12.4. The second-order valence-corrected chi connectivity index (χ2v) is 11.1. The minimum atomic E-state index is -0.178. The molecule has 4 unspecified atom stereocenters. The molecule has 4 saturated heterocycles. The molecule has 0 spiro atoms. The first-order valence-corrected chi connectivity index (χ1v) is 13.7. The molecule has 0 saturated carbocycles. The Kier molecular flexibility index (Phi) is 8.02. The van der Waals surface area contributed by atoms with Crippen LogP contribution in [0.25, 0.3) is 0 Å². The third kappa shape index (κ3) is 6.34. The Hall–Kier alpha value is -2.70. The topological polar surface area (TPSA) is 64.7 Å². The van der Waals surface area contributed by atoms with Crippen molar-refractivity contribution in [1.82, 2.24) is 15.1 Å². The van der Waals surface area contributed by atoms with Crippen molar-refractivity contribution in [1.29, 1.82) is 0 Å². The van der Waals surface area contributed by atoms with Crippen LogP contribution in [-0.2, 0) is 6.42 Å². The Balaban J connectivity index is 1.03. The van der Waals surface area contributed by atoms with Gasteiger partial charge in [0.25, 0.3) is 0 Å². The summed E-state index contributed by atoms with van der Waals surface area (Å²) in [6.45, 7) is 8.25. The number of carbonyl (C=O) groups excluding carboxylic acids is 2. The zero-order valence-electron chi connectivity index (χ0n) is 21.5. The molecule has 6 rings (SSSR count). The molecule has 0 aromatic heterocycles. The van der Waals surface area contributed by atoms with E-state index < -0.39 is 0 Å². The van der Waals surface area contributed by atoms with Gasteiger partial charge in [0.05, 0.1) is 0 Å². The first kappa shape index (κ1) is 25.0. The number of benzene rings is 2. The molecule has 2 aromatic carbocycles. The maximum absolute atomic E-state index is 12.4. The van der Waals surface area contributed by atoms with E-state index in [0.29, 0.717) is 23.8 Å². The summed E-state index contributed by atoms with van der Waals surface area (Å²) in [6, 6.07) is 18.2. The molecule has 4 heterocycles. The number of hydrogen-bond donors (Lipinski definition) is 2. The number of amides is 2. The molecule has 36 heavy (non-hydrogen) atoms. The summed E-state index contributed by atoms with van der Waals surface area (Å²) >= 11 is 0. The highest BCUT2D eigenvalue weighted by atomic mass is 16.2. The fourth-order valence-electron chi connectivity index (χ4n) is 6.49. The molecule has 192 valence electrons. The first-order valence-electron chi connectivity index (χ1n) is 13.7. The predicted molar refractivity (Wildman–Crippen MR) is 144 cm³/mol. The highest BCUT2D eigenvalue weighted by molar-refractivity contribution is 5.95. The van der Waals surface area contributed by atoms with Crippen LogP contribution in [0, 0.1) is 17.8 Å². The molecule has 2 bridgehead atoms. The van der Waals surface area contributed by atoms with Gasteiger partial charge in [0.2, 0.25) is 0 Å². The van der Waals surface area contributed by atoms with Crippen LogP contribution in [0.1, 0.15) is 48.5 Å². The van der Waals surface area contributed by atoms with Gasteiger partial charge < -0.3 is 15.5 Å². The largest absolute Gasteiger partial charge is 0.336 e. The zero-order chi connectivity index (χ0) is 24.9. The highest BCUT2D eigenvalue weighted by Gasteiger charge is 2.40. The fourth-order valence-corrected chi connectivity index (χ4v) is 6.49. The fraction of sp³-hybridized carbons (Fsp3) is 0.533. The Morgan fingerprint density at radius 1 is 0.944 bits per heavy atom. The van der Waals surface area contributed by atoms with Gasteiger partial charge in [-0.1, -0.05) is 30.3 Å². The van der Waals surface area contributed by atoms with E-state index in [1.54, 1.807) is 31.2 Å². The van der Waals surface area contributed by atoms with Gasteiger partial charge in [0.1, 0.15) is 0 Å². The number of ketones is 1. The highest BCUT2D eigenvalue weighted by Crippen LogP contribution is 2.37. The van der Waals surface area contributed by atoms with Gasteiger partial charge in [-0.15, -0.1) is 0 Å². The number of urea groups is 1. The number of hydrogen-bond acceptors (Lipinski definition) is 4. The summed E-state index contributed by atoms with van der Waals surface area (Å²) < 4.78 is 0. The van der Waals surface area contributed by atoms with Gasteiger partial charge in [-0.25, -0.2) is 4.79 Å². The van der Waals surface area contributed by atoms with Crippen molar-refractivity contribution in [3.05, 3.63) is 65.7 Å². The number of nitrogens with one attached hydrogen (secondary N) is 2. The van der Waals surface area contributed by atoms with Crippen LogP contribution in [0.5, 0.6) is 0 Å². The van der Waals surface area contributed by atoms with Crippen LogP contribution in [0.4, 0.5) is 10.5 Å². The van der Waals surface area contributed by atoms with Crippen LogP contribution in [0.3, 0.4) is 0 Å². The standard InChI is InChI=1S/C30H40N4O2/c1-22(35)25-7-9-28(10-8-25)32-30(36)31-19-29-18-26-13-16-34(29)21-27(26)20-33-14-11-24(12-15-33)17-23-5-3-2-4-6-23/h2-10,24,26-27,29H,11-21H2,1H3,(H2,31,32,36). The van der Waals surface area contributed by atoms with Gasteiger partial charge in [-0.3, -0.25) is 9.69 Å². The van der Waals surface area contributed by atoms with Crippen molar-refractivity contribution >= 4 is 17.5 Å². The number of rotatable bonds is 8. The lowest BCUT2D eigenvalue weighted by atomic mass is 9.75. The van der Waals surface area contributed by atoms with Crippen molar-refractivity contribution in [2.75, 3.05) is 44.6 Å². The molecule has 6 heteroatoms. The Morgan fingerprint density at radius 3 is 2.36 bits per heavy atom. The Bertz CT molecular complexity index is 1020. The number of carbonyl (C=O) groups is 2. The third-order valence-corrected chi connectivity index (χ3v) is 8.63. The third-order valence-electron chi connectivity index (χ3n) is 8.63. The lowest BCUT2D eigenvalue weighted by Gasteiger charge is -2.51. The van der Waals surface area contributed by atoms with Gasteiger partial charge in [0.15, 0.2) is 5.78 Å². The normalized spacial score (nSPS) is 26.5. The van der Waals surface area contributed by atoms with E-state index in [-0.39, 0.29) is 11.8 Å². The quantitative estimate of drug-likeness (QED) is 0.530. The van der Waals surface area contributed by atoms with Crippen LogP contribution in [0.15, 0.2) is 54.6 Å². The van der Waals surface area contributed by atoms with E-state index in [2.05, 4.69) is 50.8 Å². The second kappa shape index (κ2) is 11.6. The second-order valence-electron chi connectivity index (χ2n) is 11.1. The first-order chi connectivity index (χ1) is 17.5. The maximum Gasteiger partial charge on any atom is 0.319 e. The number of nitrogens with zero attached hydrogens (tertiary/aromatic N) is 2. The van der Waals surface area contributed by atoms with Crippen molar-refractivity contribution in [3.63, 3.8) is 0 Å². The predicted octanol–water partition coefficient (Wildman–Crippen LogP) is 4.68. The minimum Gasteiger partial charge on any atom is -0.336 e. The van der Waals surface area contributed by atoms with Gasteiger partial charge in [0, 0.05) is 36.9 Å². The van der Waals surface area contributed by atoms with Gasteiger partial charge >= 0.3 is 6.03 Å². The Morgan fingerprint density at radius 2 is 1.69 bits per heavy atom. The lowest BCUT2D eigenvalue weighted by Crippen LogP contribution is -2.59. The Labute approximate surface area is 215 Å². The summed E-state index contributed by atoms with van der Waals surface area (Å²) in [5.41, 5.74) is 2.83. The summed E-state index contributed by atoms with van der Waals surface area (Å²) in [4.78, 5) is 29.2. The molecule has 0 aliphatic carbocycles. The number of likely N-dealkylation sites (tertiary alicyclic amines) is 1. The van der Waals surface area contributed by atoms with Crippen LogP contribution >= 0.6 is 0 Å². The van der Waals surface area contributed by atoms with E-state index in [1.807, 2.05) is 0 Å². The summed E-state index contributed by atoms with van der Waals surface area (Å²) in [5, 5.41) is 5.96. The molecular formula is C30H40N4O2. The van der Waals surface area contributed by atoms with Gasteiger partial charge in [-0.2, -0.15) is 0 Å². The minimum absolute atomic E-state index is 0.0262. The zero-order valence-corrected chi connectivity index (χ0v) is 21.5. The summed E-state index contributed by atoms with van der Waals surface area (Å²) in [7, 11) is 0. The average Bonchev–Trinajstić information content (AvgIpc) is 2.90. The number of fused-ring (bicyclic) bond motifs is 3. The summed E-state index contributed by atoms with van der Waals surface area (Å²) in [6.07, 6.45) is 6.33. The van der Waals surface area contributed by atoms with Crippen molar-refractivity contribution in [3.8, 4) is 0 Å².